The molecule has 1 aromatic carbocycles. The normalized spacial score (nSPS) is 15.5. The maximum absolute atomic E-state index is 12.3. The lowest BCUT2D eigenvalue weighted by atomic mass is 9.77. The monoisotopic (exact) mass is 243 g/mol. The summed E-state index contributed by atoms with van der Waals surface area (Å²) in [5, 5.41) is 1.82. The molecule has 0 aliphatic heterocycles. The summed E-state index contributed by atoms with van der Waals surface area (Å²) >= 11 is 1.46. The molecule has 0 atom stereocenters. The Labute approximate surface area is 104 Å². The molecule has 86 valence electrons. The fraction of sp³-hybridized carbons (Fsp3) is 0.286. The van der Waals surface area contributed by atoms with Crippen molar-refractivity contribution in [1.29, 1.82) is 0 Å². The highest BCUT2D eigenvalue weighted by molar-refractivity contribution is 7.07. The molecule has 0 spiro atoms. The summed E-state index contributed by atoms with van der Waals surface area (Å²) in [4.78, 5) is 16.4. The van der Waals surface area contributed by atoms with Crippen LogP contribution in [-0.2, 0) is 0 Å². The van der Waals surface area contributed by atoms with E-state index in [4.69, 9.17) is 0 Å². The number of hydrogen-bond donors (Lipinski definition) is 0. The van der Waals surface area contributed by atoms with E-state index in [1.807, 2.05) is 23.6 Å². The minimum Gasteiger partial charge on any atom is -0.287 e. The average molecular weight is 243 g/mol. The Morgan fingerprint density at radius 1 is 1.29 bits per heavy atom. The van der Waals surface area contributed by atoms with E-state index in [0.717, 1.165) is 5.56 Å². The molecule has 0 N–H and O–H groups in total. The van der Waals surface area contributed by atoms with Gasteiger partial charge in [-0.15, -0.1) is 11.3 Å². The van der Waals surface area contributed by atoms with Gasteiger partial charge in [0, 0.05) is 10.9 Å². The quantitative estimate of drug-likeness (QED) is 0.770. The Hall–Kier alpha value is -1.48. The lowest BCUT2D eigenvalue weighted by Crippen LogP contribution is -2.14. The topological polar surface area (TPSA) is 30.0 Å². The van der Waals surface area contributed by atoms with Crippen LogP contribution in [0.4, 0.5) is 0 Å². The van der Waals surface area contributed by atoms with Crippen LogP contribution in [0, 0.1) is 0 Å². The summed E-state index contributed by atoms with van der Waals surface area (Å²) < 4.78 is 0. The molecule has 1 aliphatic rings. The summed E-state index contributed by atoms with van der Waals surface area (Å²) in [6, 6.07) is 7.96. The zero-order valence-electron chi connectivity index (χ0n) is 9.43. The van der Waals surface area contributed by atoms with E-state index in [2.05, 4.69) is 11.1 Å². The van der Waals surface area contributed by atoms with Gasteiger partial charge in [0.1, 0.15) is 5.69 Å². The fourth-order valence-electron chi connectivity index (χ4n) is 2.24. The Morgan fingerprint density at radius 2 is 2.12 bits per heavy atom. The van der Waals surface area contributed by atoms with Crippen LogP contribution in [0.15, 0.2) is 35.2 Å². The molecule has 17 heavy (non-hydrogen) atoms. The van der Waals surface area contributed by atoms with E-state index >= 15 is 0 Å². The van der Waals surface area contributed by atoms with E-state index in [1.165, 1.54) is 36.2 Å². The van der Waals surface area contributed by atoms with Crippen molar-refractivity contribution in [2.24, 2.45) is 0 Å². The largest absolute Gasteiger partial charge is 0.287 e. The minimum absolute atomic E-state index is 0.0637. The van der Waals surface area contributed by atoms with Crippen LogP contribution in [0.1, 0.15) is 46.8 Å². The third kappa shape index (κ3) is 1.91. The first-order valence-corrected chi connectivity index (χ1v) is 6.82. The van der Waals surface area contributed by atoms with Crippen molar-refractivity contribution in [1.82, 2.24) is 4.98 Å². The van der Waals surface area contributed by atoms with Crippen LogP contribution in [0.5, 0.6) is 0 Å². The molecule has 1 aliphatic carbocycles. The van der Waals surface area contributed by atoms with Crippen molar-refractivity contribution < 1.29 is 4.79 Å². The first-order chi connectivity index (χ1) is 8.36. The van der Waals surface area contributed by atoms with Crippen molar-refractivity contribution in [2.45, 2.75) is 25.2 Å². The zero-order chi connectivity index (χ0) is 11.7. The van der Waals surface area contributed by atoms with Crippen LogP contribution < -0.4 is 0 Å². The van der Waals surface area contributed by atoms with Gasteiger partial charge in [0.2, 0.25) is 5.78 Å². The van der Waals surface area contributed by atoms with Crippen molar-refractivity contribution >= 4 is 17.1 Å². The Bertz CT molecular complexity index is 529. The molecule has 3 heteroatoms. The fourth-order valence-corrected chi connectivity index (χ4v) is 2.77. The molecular formula is C14H13NOS. The third-order valence-corrected chi connectivity index (χ3v) is 4.00. The second-order valence-electron chi connectivity index (χ2n) is 4.42. The van der Waals surface area contributed by atoms with Gasteiger partial charge in [0.25, 0.3) is 0 Å². The van der Waals surface area contributed by atoms with E-state index in [9.17, 15) is 4.79 Å². The number of hydrogen-bond acceptors (Lipinski definition) is 3. The van der Waals surface area contributed by atoms with Gasteiger partial charge in [0.05, 0.1) is 5.51 Å². The molecule has 2 nitrogen and oxygen atoms in total. The predicted octanol–water partition coefficient (Wildman–Crippen LogP) is 3.64. The molecule has 3 rings (SSSR count). The highest BCUT2D eigenvalue weighted by Crippen LogP contribution is 2.38. The summed E-state index contributed by atoms with van der Waals surface area (Å²) in [5.41, 5.74) is 4.32. The maximum Gasteiger partial charge on any atom is 0.212 e. The molecule has 1 aromatic heterocycles. The summed E-state index contributed by atoms with van der Waals surface area (Å²) in [6.07, 6.45) is 3.70. The highest BCUT2D eigenvalue weighted by atomic mass is 32.1. The molecule has 0 unspecified atom stereocenters. The Balaban J connectivity index is 1.99. The molecule has 1 heterocycles. The molecule has 1 saturated carbocycles. The minimum atomic E-state index is 0.0637. The average Bonchev–Trinajstić information content (AvgIpc) is 2.80. The van der Waals surface area contributed by atoms with Gasteiger partial charge in [-0.1, -0.05) is 30.7 Å². The van der Waals surface area contributed by atoms with Crippen LogP contribution in [0.25, 0.3) is 0 Å². The van der Waals surface area contributed by atoms with E-state index in [0.29, 0.717) is 11.6 Å². The van der Waals surface area contributed by atoms with E-state index in [1.54, 1.807) is 5.51 Å². The van der Waals surface area contributed by atoms with E-state index in [-0.39, 0.29) is 5.78 Å². The number of nitrogens with zero attached hydrogens (tertiary/aromatic N) is 1. The first kappa shape index (κ1) is 10.7. The first-order valence-electron chi connectivity index (χ1n) is 5.88. The summed E-state index contributed by atoms with van der Waals surface area (Å²) in [6.45, 7) is 0. The predicted molar refractivity (Wildman–Crippen MR) is 68.6 cm³/mol. The standard InChI is InChI=1S/C14H13NOS/c16-14(13-8-17-9-15-13)12-7-2-1-6-11(12)10-4-3-5-10/h1-2,6-10H,3-5H2. The van der Waals surface area contributed by atoms with Gasteiger partial charge in [-0.25, -0.2) is 4.98 Å². The molecule has 2 aromatic rings. The molecular weight excluding hydrogens is 230 g/mol. The van der Waals surface area contributed by atoms with Crippen molar-refractivity contribution in [3.63, 3.8) is 0 Å². The molecule has 0 amide bonds. The second kappa shape index (κ2) is 4.41. The smallest absolute Gasteiger partial charge is 0.212 e. The van der Waals surface area contributed by atoms with Gasteiger partial charge in [-0.3, -0.25) is 4.79 Å². The number of ketones is 1. The number of benzene rings is 1. The van der Waals surface area contributed by atoms with Crippen LogP contribution >= 0.6 is 11.3 Å². The van der Waals surface area contributed by atoms with Crippen molar-refractivity contribution in [2.75, 3.05) is 0 Å². The Morgan fingerprint density at radius 3 is 2.76 bits per heavy atom. The van der Waals surface area contributed by atoms with Crippen LogP contribution in [0.3, 0.4) is 0 Å². The van der Waals surface area contributed by atoms with Gasteiger partial charge < -0.3 is 0 Å². The van der Waals surface area contributed by atoms with Gasteiger partial charge in [0.15, 0.2) is 0 Å². The number of carbonyl (C=O) groups excluding carboxylic acids is 1. The zero-order valence-corrected chi connectivity index (χ0v) is 10.2. The maximum atomic E-state index is 12.3. The lowest BCUT2D eigenvalue weighted by molar-refractivity contribution is 0.103. The van der Waals surface area contributed by atoms with Gasteiger partial charge >= 0.3 is 0 Å². The van der Waals surface area contributed by atoms with Crippen molar-refractivity contribution in [3.05, 3.63) is 52.0 Å². The second-order valence-corrected chi connectivity index (χ2v) is 5.14. The van der Waals surface area contributed by atoms with Gasteiger partial charge in [-0.05, 0) is 24.3 Å². The lowest BCUT2D eigenvalue weighted by Gasteiger charge is -2.27. The van der Waals surface area contributed by atoms with Gasteiger partial charge in [-0.2, -0.15) is 0 Å². The number of rotatable bonds is 3. The molecule has 0 radical (unpaired) electrons. The molecule has 0 saturated heterocycles. The number of thiazole rings is 1. The Kier molecular flexibility index (Phi) is 2.77. The van der Waals surface area contributed by atoms with Crippen molar-refractivity contribution in [3.8, 4) is 0 Å². The highest BCUT2D eigenvalue weighted by Gasteiger charge is 2.24. The van der Waals surface area contributed by atoms with Crippen LogP contribution in [0.2, 0.25) is 0 Å². The summed E-state index contributed by atoms with van der Waals surface area (Å²) in [7, 11) is 0. The number of aromatic nitrogens is 1. The summed E-state index contributed by atoms with van der Waals surface area (Å²) in [5.74, 6) is 0.641. The third-order valence-electron chi connectivity index (χ3n) is 3.42. The van der Waals surface area contributed by atoms with Crippen LogP contribution in [-0.4, -0.2) is 10.8 Å². The SMILES string of the molecule is O=C(c1cscn1)c1ccccc1C1CCC1. The molecule has 0 bridgehead atoms. The van der Waals surface area contributed by atoms with E-state index < -0.39 is 0 Å². The molecule has 1 fully saturated rings. The number of carbonyl (C=O) groups is 1.